The van der Waals surface area contributed by atoms with Gasteiger partial charge in [-0.3, -0.25) is 4.79 Å². The van der Waals surface area contributed by atoms with E-state index in [4.69, 9.17) is 5.84 Å². The van der Waals surface area contributed by atoms with Crippen LogP contribution in [0, 0.1) is 0 Å². The van der Waals surface area contributed by atoms with Crippen LogP contribution < -0.4 is 5.84 Å². The van der Waals surface area contributed by atoms with Gasteiger partial charge < -0.3 is 10.7 Å². The topological polar surface area (TPSA) is 111 Å². The number of hydrogen-bond acceptors (Lipinski definition) is 7. The molecule has 1 aromatic rings. The molecular weight excluding hydrogens is 314 g/mol. The highest BCUT2D eigenvalue weighted by Gasteiger charge is 2.41. The number of hydrogen-bond donors (Lipinski definition) is 1. The van der Waals surface area contributed by atoms with Crippen molar-refractivity contribution < 1.29 is 13.2 Å². The van der Waals surface area contributed by atoms with Crippen molar-refractivity contribution in [3.05, 3.63) is 6.33 Å². The second kappa shape index (κ2) is 5.48. The molecule has 2 N–H and O–H groups in total. The quantitative estimate of drug-likeness (QED) is 0.559. The monoisotopic (exact) mass is 331 g/mol. The third-order valence-electron chi connectivity index (χ3n) is 3.69. The second-order valence-electron chi connectivity index (χ2n) is 5.40. The summed E-state index contributed by atoms with van der Waals surface area (Å²) < 4.78 is 24.5. The van der Waals surface area contributed by atoms with E-state index in [0.29, 0.717) is 11.6 Å². The number of aromatic nitrogens is 3. The van der Waals surface area contributed by atoms with Gasteiger partial charge in [-0.05, 0) is 19.3 Å². The lowest BCUT2D eigenvalue weighted by Gasteiger charge is -2.28. The van der Waals surface area contributed by atoms with E-state index < -0.39 is 9.84 Å². The molecule has 1 aromatic heterocycles. The number of carbonyl (C=O) groups is 1. The minimum Gasteiger partial charge on any atom is -0.336 e. The van der Waals surface area contributed by atoms with Gasteiger partial charge in [-0.15, -0.1) is 10.2 Å². The first-order valence-electron chi connectivity index (χ1n) is 6.76. The Morgan fingerprint density at radius 2 is 2.19 bits per heavy atom. The van der Waals surface area contributed by atoms with Crippen molar-refractivity contribution in [1.29, 1.82) is 0 Å². The van der Waals surface area contributed by atoms with Gasteiger partial charge in [-0.1, -0.05) is 11.8 Å². The van der Waals surface area contributed by atoms with Crippen LogP contribution in [0.5, 0.6) is 0 Å². The minimum atomic E-state index is -2.99. The highest BCUT2D eigenvalue weighted by atomic mass is 32.2. The fraction of sp³-hybridized carbons (Fsp3) is 0.727. The van der Waals surface area contributed by atoms with Gasteiger partial charge in [-0.2, -0.15) is 0 Å². The fourth-order valence-corrected chi connectivity index (χ4v) is 5.00. The Hall–Kier alpha value is -1.29. The Labute approximate surface area is 127 Å². The van der Waals surface area contributed by atoms with E-state index in [1.807, 2.05) is 0 Å². The Kier molecular flexibility index (Phi) is 3.82. The molecule has 0 radical (unpaired) electrons. The van der Waals surface area contributed by atoms with Crippen molar-refractivity contribution in [2.24, 2.45) is 0 Å². The first kappa shape index (κ1) is 14.6. The molecule has 1 saturated carbocycles. The molecule has 0 aromatic carbocycles. The van der Waals surface area contributed by atoms with Gasteiger partial charge in [-0.25, -0.2) is 13.1 Å². The number of nitrogens with two attached hydrogens (primary N) is 1. The highest BCUT2D eigenvalue weighted by molar-refractivity contribution is 7.99. The molecule has 10 heteroatoms. The minimum absolute atomic E-state index is 0.0485. The summed E-state index contributed by atoms with van der Waals surface area (Å²) in [6.45, 7) is 0. The first-order chi connectivity index (χ1) is 9.96. The van der Waals surface area contributed by atoms with E-state index in [1.165, 1.54) is 22.8 Å². The lowest BCUT2D eigenvalue weighted by Crippen LogP contribution is -2.43. The van der Waals surface area contributed by atoms with Gasteiger partial charge in [0.2, 0.25) is 11.1 Å². The SMILES string of the molecule is Nn1cnnc1SCC(=O)N(C1CC1)[C@H]1CCS(=O)(=O)C1. The zero-order valence-electron chi connectivity index (χ0n) is 11.4. The third kappa shape index (κ3) is 3.31. The molecule has 2 fully saturated rings. The predicted octanol–water partition coefficient (Wildman–Crippen LogP) is -0.738. The molecule has 2 heterocycles. The van der Waals surface area contributed by atoms with Crippen LogP contribution >= 0.6 is 11.8 Å². The van der Waals surface area contributed by atoms with Crippen LogP contribution in [0.4, 0.5) is 0 Å². The number of carbonyl (C=O) groups excluding carboxylic acids is 1. The molecule has 1 aliphatic carbocycles. The summed E-state index contributed by atoms with van der Waals surface area (Å²) >= 11 is 1.22. The molecule has 1 saturated heterocycles. The van der Waals surface area contributed by atoms with Gasteiger partial charge in [0.25, 0.3) is 0 Å². The van der Waals surface area contributed by atoms with Gasteiger partial charge in [0.15, 0.2) is 9.84 Å². The number of sulfone groups is 1. The number of thioether (sulfide) groups is 1. The lowest BCUT2D eigenvalue weighted by atomic mass is 10.2. The van der Waals surface area contributed by atoms with E-state index in [0.717, 1.165) is 12.8 Å². The summed E-state index contributed by atoms with van der Waals surface area (Å²) in [5, 5.41) is 7.93. The second-order valence-corrected chi connectivity index (χ2v) is 8.57. The molecule has 1 aliphatic heterocycles. The molecule has 0 bridgehead atoms. The summed E-state index contributed by atoms with van der Waals surface area (Å²) in [4.78, 5) is 14.2. The van der Waals surface area contributed by atoms with Crippen LogP contribution in [-0.2, 0) is 14.6 Å². The van der Waals surface area contributed by atoms with Gasteiger partial charge in [0.1, 0.15) is 6.33 Å². The first-order valence-corrected chi connectivity index (χ1v) is 9.56. The average molecular weight is 331 g/mol. The van der Waals surface area contributed by atoms with Crippen molar-refractivity contribution in [2.45, 2.75) is 36.5 Å². The van der Waals surface area contributed by atoms with Crippen LogP contribution in [-0.4, -0.2) is 63.4 Å². The Balaban J connectivity index is 1.64. The zero-order chi connectivity index (χ0) is 15.0. The van der Waals surface area contributed by atoms with Crippen molar-refractivity contribution in [3.63, 3.8) is 0 Å². The predicted molar refractivity (Wildman–Crippen MR) is 77.8 cm³/mol. The maximum absolute atomic E-state index is 12.4. The largest absolute Gasteiger partial charge is 0.336 e. The maximum Gasteiger partial charge on any atom is 0.233 e. The molecule has 2 aliphatic rings. The molecule has 8 nitrogen and oxygen atoms in total. The molecule has 116 valence electrons. The van der Waals surface area contributed by atoms with Crippen LogP contribution in [0.1, 0.15) is 19.3 Å². The summed E-state index contributed by atoms with van der Waals surface area (Å²) in [5.74, 6) is 6.02. The van der Waals surface area contributed by atoms with E-state index in [-0.39, 0.29) is 35.2 Å². The molecule has 1 atom stereocenters. The normalized spacial score (nSPS) is 24.1. The maximum atomic E-state index is 12.4. The standard InChI is InChI=1S/C11H17N5O3S2/c12-15-7-13-14-11(15)20-5-10(17)16(8-1-2-8)9-3-4-21(18,19)6-9/h7-9H,1-6,12H2/t9-/m0/s1. The molecule has 21 heavy (non-hydrogen) atoms. The average Bonchev–Trinajstić information content (AvgIpc) is 3.06. The lowest BCUT2D eigenvalue weighted by molar-refractivity contribution is -0.130. The van der Waals surface area contributed by atoms with Crippen molar-refractivity contribution in [1.82, 2.24) is 19.8 Å². The van der Waals surface area contributed by atoms with E-state index >= 15 is 0 Å². The highest BCUT2D eigenvalue weighted by Crippen LogP contribution is 2.33. The van der Waals surface area contributed by atoms with Gasteiger partial charge in [0, 0.05) is 12.1 Å². The number of nitrogens with zero attached hydrogens (tertiary/aromatic N) is 4. The van der Waals surface area contributed by atoms with Crippen LogP contribution in [0.15, 0.2) is 11.5 Å². The van der Waals surface area contributed by atoms with E-state index in [2.05, 4.69) is 10.2 Å². The summed E-state index contributed by atoms with van der Waals surface area (Å²) in [6, 6.07) is 0.0264. The smallest absolute Gasteiger partial charge is 0.233 e. The van der Waals surface area contributed by atoms with Gasteiger partial charge in [0.05, 0.1) is 17.3 Å². The molecule has 1 amide bonds. The van der Waals surface area contributed by atoms with Crippen LogP contribution in [0.3, 0.4) is 0 Å². The van der Waals surface area contributed by atoms with E-state index in [1.54, 1.807) is 4.90 Å². The number of amides is 1. The number of rotatable bonds is 5. The van der Waals surface area contributed by atoms with Crippen molar-refractivity contribution >= 4 is 27.5 Å². The molecular formula is C11H17N5O3S2. The van der Waals surface area contributed by atoms with Crippen LogP contribution in [0.25, 0.3) is 0 Å². The third-order valence-corrected chi connectivity index (χ3v) is 6.39. The van der Waals surface area contributed by atoms with E-state index in [9.17, 15) is 13.2 Å². The van der Waals surface area contributed by atoms with Crippen molar-refractivity contribution in [2.75, 3.05) is 23.1 Å². The Bertz CT molecular complexity index is 640. The summed E-state index contributed by atoms with van der Waals surface area (Å²) in [6.07, 6.45) is 3.83. The summed E-state index contributed by atoms with van der Waals surface area (Å²) in [7, 11) is -2.99. The molecule has 3 rings (SSSR count). The fourth-order valence-electron chi connectivity index (χ4n) is 2.59. The Morgan fingerprint density at radius 1 is 1.43 bits per heavy atom. The number of nitrogen functional groups attached to an aromatic ring is 1. The Morgan fingerprint density at radius 3 is 2.71 bits per heavy atom. The molecule has 0 unspecified atom stereocenters. The zero-order valence-corrected chi connectivity index (χ0v) is 13.0. The molecule has 0 spiro atoms. The summed E-state index contributed by atoms with van der Waals surface area (Å²) in [5.41, 5.74) is 0. The van der Waals surface area contributed by atoms with Gasteiger partial charge >= 0.3 is 0 Å². The van der Waals surface area contributed by atoms with Crippen LogP contribution in [0.2, 0.25) is 0 Å². The van der Waals surface area contributed by atoms with Crippen molar-refractivity contribution in [3.8, 4) is 0 Å².